The van der Waals surface area contributed by atoms with Crippen molar-refractivity contribution >= 4 is 5.69 Å². The Balaban J connectivity index is 2.32. The van der Waals surface area contributed by atoms with Gasteiger partial charge in [0.1, 0.15) is 0 Å². The highest BCUT2D eigenvalue weighted by atomic mass is 15.2. The maximum absolute atomic E-state index is 2.55. The number of likely N-dealkylation sites (N-methyl/N-ethyl adjacent to an activating group) is 1. The quantitative estimate of drug-likeness (QED) is 0.764. The van der Waals surface area contributed by atoms with E-state index in [2.05, 4.69) is 63.6 Å². The molecule has 2 rings (SSSR count). The molecule has 1 aliphatic rings. The molecule has 106 valence electrons. The Morgan fingerprint density at radius 3 is 1.79 bits per heavy atom. The van der Waals surface area contributed by atoms with Gasteiger partial charge in [-0.3, -0.25) is 0 Å². The first-order valence-electron chi connectivity index (χ1n) is 7.34. The summed E-state index contributed by atoms with van der Waals surface area (Å²) in [5.74, 6) is 0. The minimum absolute atomic E-state index is 0.232. The van der Waals surface area contributed by atoms with E-state index in [1.54, 1.807) is 0 Å². The summed E-state index contributed by atoms with van der Waals surface area (Å²) >= 11 is 0. The monoisotopic (exact) mass is 260 g/mol. The highest BCUT2D eigenvalue weighted by Gasteiger charge is 2.21. The van der Waals surface area contributed by atoms with Crippen LogP contribution in [-0.4, -0.2) is 38.1 Å². The molecule has 0 amide bonds. The molecule has 1 aliphatic heterocycles. The number of hydrogen-bond donors (Lipinski definition) is 0. The smallest absolute Gasteiger partial charge is 0.0426 e. The van der Waals surface area contributed by atoms with Gasteiger partial charge in [0, 0.05) is 31.9 Å². The molecule has 2 nitrogen and oxygen atoms in total. The molecule has 1 aromatic carbocycles. The van der Waals surface area contributed by atoms with Gasteiger partial charge in [-0.25, -0.2) is 0 Å². The Labute approximate surface area is 118 Å². The first-order valence-corrected chi connectivity index (χ1v) is 7.34. The minimum atomic E-state index is 0.232. The van der Waals surface area contributed by atoms with E-state index in [0.717, 1.165) is 13.1 Å². The molecule has 0 N–H and O–H groups in total. The normalized spacial score (nSPS) is 17.9. The lowest BCUT2D eigenvalue weighted by atomic mass is 9.84. The first-order chi connectivity index (χ1) is 8.79. The second kappa shape index (κ2) is 5.16. The van der Waals surface area contributed by atoms with E-state index in [1.165, 1.54) is 35.5 Å². The zero-order valence-corrected chi connectivity index (χ0v) is 13.4. The average Bonchev–Trinajstić information content (AvgIpc) is 2.29. The third kappa shape index (κ3) is 3.11. The fraction of sp³-hybridized carbons (Fsp3) is 0.647. The van der Waals surface area contributed by atoms with Gasteiger partial charge >= 0.3 is 0 Å². The van der Waals surface area contributed by atoms with Crippen LogP contribution in [0.5, 0.6) is 0 Å². The fourth-order valence-corrected chi connectivity index (χ4v) is 2.92. The maximum Gasteiger partial charge on any atom is 0.0426 e. The third-order valence-electron chi connectivity index (χ3n) is 4.18. The molecular formula is C17H28N2. The van der Waals surface area contributed by atoms with Crippen LogP contribution >= 0.6 is 0 Å². The van der Waals surface area contributed by atoms with Gasteiger partial charge in [0.05, 0.1) is 0 Å². The van der Waals surface area contributed by atoms with Crippen molar-refractivity contribution in [2.24, 2.45) is 0 Å². The predicted molar refractivity (Wildman–Crippen MR) is 84.3 cm³/mol. The second-order valence-corrected chi connectivity index (χ2v) is 7.00. The molecule has 0 bridgehead atoms. The lowest BCUT2D eigenvalue weighted by molar-refractivity contribution is 0.312. The summed E-state index contributed by atoms with van der Waals surface area (Å²) in [5, 5.41) is 0. The van der Waals surface area contributed by atoms with Crippen LogP contribution in [0.2, 0.25) is 0 Å². The first kappa shape index (κ1) is 14.4. The van der Waals surface area contributed by atoms with Crippen molar-refractivity contribution in [1.29, 1.82) is 0 Å². The lowest BCUT2D eigenvalue weighted by Crippen LogP contribution is -2.45. The lowest BCUT2D eigenvalue weighted by Gasteiger charge is -2.36. The second-order valence-electron chi connectivity index (χ2n) is 7.00. The fourth-order valence-electron chi connectivity index (χ4n) is 2.92. The van der Waals surface area contributed by atoms with Crippen molar-refractivity contribution in [2.75, 3.05) is 38.1 Å². The van der Waals surface area contributed by atoms with Gasteiger partial charge in [-0.05, 0) is 43.0 Å². The molecule has 0 atom stereocenters. The van der Waals surface area contributed by atoms with E-state index >= 15 is 0 Å². The van der Waals surface area contributed by atoms with Crippen LogP contribution in [0.15, 0.2) is 12.1 Å². The van der Waals surface area contributed by atoms with Crippen molar-refractivity contribution in [2.45, 2.75) is 40.0 Å². The Morgan fingerprint density at radius 2 is 1.37 bits per heavy atom. The van der Waals surface area contributed by atoms with Crippen molar-refractivity contribution in [3.63, 3.8) is 0 Å². The van der Waals surface area contributed by atoms with Gasteiger partial charge in [0.25, 0.3) is 0 Å². The molecule has 1 saturated heterocycles. The molecule has 0 spiro atoms. The summed E-state index contributed by atoms with van der Waals surface area (Å²) in [5.41, 5.74) is 5.99. The standard InChI is InChI=1S/C17H28N2/c1-13-11-15(17(3,4)5)12-14(2)16(13)19-9-7-18(6)8-10-19/h11-12H,7-10H2,1-6H3. The Hall–Kier alpha value is -1.02. The third-order valence-corrected chi connectivity index (χ3v) is 4.18. The van der Waals surface area contributed by atoms with Crippen LogP contribution in [0.1, 0.15) is 37.5 Å². The van der Waals surface area contributed by atoms with Gasteiger partial charge in [-0.15, -0.1) is 0 Å². The van der Waals surface area contributed by atoms with Crippen molar-refractivity contribution < 1.29 is 0 Å². The van der Waals surface area contributed by atoms with Crippen molar-refractivity contribution in [1.82, 2.24) is 4.90 Å². The SMILES string of the molecule is Cc1cc(C(C)(C)C)cc(C)c1N1CCN(C)CC1. The number of piperazine rings is 1. The zero-order valence-electron chi connectivity index (χ0n) is 13.4. The molecule has 1 heterocycles. The number of rotatable bonds is 1. The summed E-state index contributed by atoms with van der Waals surface area (Å²) < 4.78 is 0. The maximum atomic E-state index is 2.55. The highest BCUT2D eigenvalue weighted by molar-refractivity contribution is 5.61. The molecule has 0 radical (unpaired) electrons. The van der Waals surface area contributed by atoms with Crippen LogP contribution < -0.4 is 4.90 Å². The average molecular weight is 260 g/mol. The number of hydrogen-bond acceptors (Lipinski definition) is 2. The molecule has 0 unspecified atom stereocenters. The molecule has 1 aromatic rings. The minimum Gasteiger partial charge on any atom is -0.369 e. The van der Waals surface area contributed by atoms with Crippen LogP contribution in [0, 0.1) is 13.8 Å². The summed E-state index contributed by atoms with van der Waals surface area (Å²) in [6, 6.07) is 4.75. The molecule has 2 heteroatoms. The van der Waals surface area contributed by atoms with E-state index < -0.39 is 0 Å². The number of nitrogens with zero attached hydrogens (tertiary/aromatic N) is 2. The van der Waals surface area contributed by atoms with E-state index in [9.17, 15) is 0 Å². The summed E-state index contributed by atoms with van der Waals surface area (Å²) in [6.07, 6.45) is 0. The van der Waals surface area contributed by atoms with Gasteiger partial charge in [-0.2, -0.15) is 0 Å². The number of aryl methyl sites for hydroxylation is 2. The number of anilines is 1. The summed E-state index contributed by atoms with van der Waals surface area (Å²) in [6.45, 7) is 16.0. The molecule has 19 heavy (non-hydrogen) atoms. The highest BCUT2D eigenvalue weighted by Crippen LogP contribution is 2.32. The summed E-state index contributed by atoms with van der Waals surface area (Å²) in [4.78, 5) is 4.96. The van der Waals surface area contributed by atoms with Gasteiger partial charge in [0.2, 0.25) is 0 Å². The van der Waals surface area contributed by atoms with Crippen LogP contribution in [-0.2, 0) is 5.41 Å². The van der Waals surface area contributed by atoms with E-state index in [4.69, 9.17) is 0 Å². The van der Waals surface area contributed by atoms with Gasteiger partial charge in [0.15, 0.2) is 0 Å². The van der Waals surface area contributed by atoms with Gasteiger partial charge < -0.3 is 9.80 Å². The van der Waals surface area contributed by atoms with Crippen molar-refractivity contribution in [3.05, 3.63) is 28.8 Å². The molecule has 0 aromatic heterocycles. The van der Waals surface area contributed by atoms with E-state index in [0.29, 0.717) is 0 Å². The molecule has 0 saturated carbocycles. The predicted octanol–water partition coefficient (Wildman–Crippen LogP) is 3.35. The Morgan fingerprint density at radius 1 is 0.895 bits per heavy atom. The van der Waals surface area contributed by atoms with Gasteiger partial charge in [-0.1, -0.05) is 32.9 Å². The number of benzene rings is 1. The Kier molecular flexibility index (Phi) is 3.91. The molecule has 0 aliphatic carbocycles. The zero-order chi connectivity index (χ0) is 14.2. The topological polar surface area (TPSA) is 6.48 Å². The summed E-state index contributed by atoms with van der Waals surface area (Å²) in [7, 11) is 2.21. The van der Waals surface area contributed by atoms with Crippen LogP contribution in [0.3, 0.4) is 0 Å². The van der Waals surface area contributed by atoms with E-state index in [1.807, 2.05) is 0 Å². The largest absolute Gasteiger partial charge is 0.369 e. The van der Waals surface area contributed by atoms with Crippen LogP contribution in [0.4, 0.5) is 5.69 Å². The Bertz CT molecular complexity index is 426. The molecule has 1 fully saturated rings. The van der Waals surface area contributed by atoms with E-state index in [-0.39, 0.29) is 5.41 Å². The van der Waals surface area contributed by atoms with Crippen LogP contribution in [0.25, 0.3) is 0 Å². The van der Waals surface area contributed by atoms with Crippen molar-refractivity contribution in [3.8, 4) is 0 Å². The molecular weight excluding hydrogens is 232 g/mol.